The van der Waals surface area contributed by atoms with E-state index in [1.807, 2.05) is 0 Å². The molecule has 0 saturated heterocycles. The van der Waals surface area contributed by atoms with Gasteiger partial charge in [-0.2, -0.15) is 0 Å². The lowest BCUT2D eigenvalue weighted by molar-refractivity contribution is 0.0600. The van der Waals surface area contributed by atoms with Crippen molar-refractivity contribution in [3.05, 3.63) is 47.0 Å². The Morgan fingerprint density at radius 2 is 2.05 bits per heavy atom. The molecular weight excluding hydrogens is 273 g/mol. The summed E-state index contributed by atoms with van der Waals surface area (Å²) in [6.07, 6.45) is 2.77. The first-order valence-electron chi connectivity index (χ1n) is 5.22. The number of hydrogen-bond acceptors (Lipinski definition) is 5. The predicted molar refractivity (Wildman–Crippen MR) is 68.1 cm³/mol. The Labute approximate surface area is 113 Å². The third kappa shape index (κ3) is 3.17. The minimum Gasteiger partial charge on any atom is -0.465 e. The number of hydrogen-bond donors (Lipinski definition) is 1. The Morgan fingerprint density at radius 3 is 2.63 bits per heavy atom. The van der Waals surface area contributed by atoms with Gasteiger partial charge < -0.3 is 10.1 Å². The van der Waals surface area contributed by atoms with Crippen molar-refractivity contribution in [3.63, 3.8) is 0 Å². The zero-order valence-electron chi connectivity index (χ0n) is 9.85. The van der Waals surface area contributed by atoms with E-state index < -0.39 is 11.8 Å². The standard InChI is InChI=1S/C12H9ClFN3O2/c1-19-11(18)7-2-3-10(9(14)4-7)17-12-15-5-8(13)6-16-12/h2-6H,1H3,(H,15,16,17). The van der Waals surface area contributed by atoms with Gasteiger partial charge in [0.1, 0.15) is 5.82 Å². The molecule has 0 bridgehead atoms. The fraction of sp³-hybridized carbons (Fsp3) is 0.0833. The summed E-state index contributed by atoms with van der Waals surface area (Å²) in [5.74, 6) is -1.01. The van der Waals surface area contributed by atoms with E-state index in [9.17, 15) is 9.18 Å². The van der Waals surface area contributed by atoms with Gasteiger partial charge in [-0.1, -0.05) is 11.6 Å². The molecule has 98 valence electrons. The molecule has 1 aromatic carbocycles. The zero-order chi connectivity index (χ0) is 13.8. The maximum atomic E-state index is 13.8. The number of carbonyl (C=O) groups excluding carboxylic acids is 1. The third-order valence-corrected chi connectivity index (χ3v) is 2.45. The zero-order valence-corrected chi connectivity index (χ0v) is 10.6. The highest BCUT2D eigenvalue weighted by Gasteiger charge is 2.10. The van der Waals surface area contributed by atoms with Crippen LogP contribution in [0.2, 0.25) is 5.02 Å². The minimum absolute atomic E-state index is 0.127. The first kappa shape index (κ1) is 13.2. The smallest absolute Gasteiger partial charge is 0.337 e. The van der Waals surface area contributed by atoms with E-state index in [1.54, 1.807) is 0 Å². The molecule has 0 amide bonds. The molecule has 19 heavy (non-hydrogen) atoms. The van der Waals surface area contributed by atoms with Gasteiger partial charge in [0.05, 0.1) is 35.8 Å². The van der Waals surface area contributed by atoms with E-state index in [-0.39, 0.29) is 17.2 Å². The number of halogens is 2. The molecular formula is C12H9ClFN3O2. The summed E-state index contributed by atoms with van der Waals surface area (Å²) in [7, 11) is 1.23. The number of nitrogens with one attached hydrogen (secondary N) is 1. The second-order valence-electron chi connectivity index (χ2n) is 3.54. The number of methoxy groups -OCH3 is 1. The second-order valence-corrected chi connectivity index (χ2v) is 3.97. The third-order valence-electron chi connectivity index (χ3n) is 2.26. The van der Waals surface area contributed by atoms with Crippen LogP contribution in [0.25, 0.3) is 0 Å². The molecule has 2 rings (SSSR count). The molecule has 0 radical (unpaired) electrons. The molecule has 0 atom stereocenters. The minimum atomic E-state index is -0.610. The summed E-state index contributed by atoms with van der Waals surface area (Å²) in [5, 5.41) is 3.06. The van der Waals surface area contributed by atoms with Crippen molar-refractivity contribution in [2.24, 2.45) is 0 Å². The molecule has 0 unspecified atom stereocenters. The van der Waals surface area contributed by atoms with Crippen LogP contribution in [0, 0.1) is 5.82 Å². The molecule has 0 aliphatic carbocycles. The summed E-state index contributed by atoms with van der Waals surface area (Å²) in [6.45, 7) is 0. The molecule has 0 aliphatic heterocycles. The maximum Gasteiger partial charge on any atom is 0.337 e. The van der Waals surface area contributed by atoms with Crippen molar-refractivity contribution in [2.45, 2.75) is 0 Å². The quantitative estimate of drug-likeness (QED) is 0.877. The van der Waals surface area contributed by atoms with E-state index in [0.717, 1.165) is 6.07 Å². The van der Waals surface area contributed by atoms with Gasteiger partial charge in [-0.25, -0.2) is 19.2 Å². The SMILES string of the molecule is COC(=O)c1ccc(Nc2ncc(Cl)cn2)c(F)c1. The van der Waals surface area contributed by atoms with E-state index in [0.29, 0.717) is 5.02 Å². The van der Waals surface area contributed by atoms with Crippen LogP contribution in [0.15, 0.2) is 30.6 Å². The Morgan fingerprint density at radius 1 is 1.37 bits per heavy atom. The van der Waals surface area contributed by atoms with E-state index in [1.165, 1.54) is 31.6 Å². The fourth-order valence-corrected chi connectivity index (χ4v) is 1.46. The summed E-state index contributed by atoms with van der Waals surface area (Å²) in [4.78, 5) is 19.0. The monoisotopic (exact) mass is 281 g/mol. The van der Waals surface area contributed by atoms with E-state index in [4.69, 9.17) is 11.6 Å². The van der Waals surface area contributed by atoms with Crippen LogP contribution in [0.4, 0.5) is 16.0 Å². The number of aromatic nitrogens is 2. The summed E-state index contributed by atoms with van der Waals surface area (Å²) in [5.41, 5.74) is 0.276. The Balaban J connectivity index is 2.22. The average Bonchev–Trinajstić information content (AvgIpc) is 2.42. The molecule has 1 heterocycles. The molecule has 1 aromatic heterocycles. The highest BCUT2D eigenvalue weighted by atomic mass is 35.5. The topological polar surface area (TPSA) is 64.1 Å². The van der Waals surface area contributed by atoms with Crippen molar-refractivity contribution < 1.29 is 13.9 Å². The van der Waals surface area contributed by atoms with Crippen molar-refractivity contribution >= 4 is 29.2 Å². The molecule has 2 aromatic rings. The summed E-state index contributed by atoms with van der Waals surface area (Å²) >= 11 is 5.64. The number of nitrogens with zero attached hydrogens (tertiary/aromatic N) is 2. The van der Waals surface area contributed by atoms with Crippen LogP contribution < -0.4 is 5.32 Å². The largest absolute Gasteiger partial charge is 0.465 e. The van der Waals surface area contributed by atoms with Gasteiger partial charge in [0, 0.05) is 0 Å². The maximum absolute atomic E-state index is 13.8. The Hall–Kier alpha value is -2.21. The fourth-order valence-electron chi connectivity index (χ4n) is 1.36. The lowest BCUT2D eigenvalue weighted by atomic mass is 10.2. The summed E-state index contributed by atoms with van der Waals surface area (Å²) in [6, 6.07) is 3.91. The van der Waals surface area contributed by atoms with Crippen molar-refractivity contribution in [1.82, 2.24) is 9.97 Å². The van der Waals surface area contributed by atoms with Crippen LogP contribution in [0.1, 0.15) is 10.4 Å². The van der Waals surface area contributed by atoms with Gasteiger partial charge >= 0.3 is 5.97 Å². The average molecular weight is 282 g/mol. The molecule has 0 spiro atoms. The number of ether oxygens (including phenoxy) is 1. The second kappa shape index (κ2) is 5.62. The highest BCUT2D eigenvalue weighted by Crippen LogP contribution is 2.19. The van der Waals surface area contributed by atoms with Crippen LogP contribution in [0.3, 0.4) is 0 Å². The lowest BCUT2D eigenvalue weighted by Gasteiger charge is -2.07. The first-order valence-corrected chi connectivity index (χ1v) is 5.60. The van der Waals surface area contributed by atoms with Crippen LogP contribution >= 0.6 is 11.6 Å². The lowest BCUT2D eigenvalue weighted by Crippen LogP contribution is -2.04. The predicted octanol–water partition coefficient (Wildman–Crippen LogP) is 2.80. The molecule has 0 fully saturated rings. The van der Waals surface area contributed by atoms with Crippen LogP contribution in [0.5, 0.6) is 0 Å². The molecule has 1 N–H and O–H groups in total. The first-order chi connectivity index (χ1) is 9.10. The Bertz CT molecular complexity index is 604. The molecule has 0 saturated carbocycles. The van der Waals surface area contributed by atoms with Gasteiger partial charge in [-0.3, -0.25) is 0 Å². The molecule has 7 heteroatoms. The van der Waals surface area contributed by atoms with Crippen LogP contribution in [-0.4, -0.2) is 23.0 Å². The number of rotatable bonds is 3. The normalized spacial score (nSPS) is 10.1. The van der Waals surface area contributed by atoms with E-state index >= 15 is 0 Å². The number of carbonyl (C=O) groups is 1. The highest BCUT2D eigenvalue weighted by molar-refractivity contribution is 6.30. The van der Waals surface area contributed by atoms with Crippen molar-refractivity contribution in [3.8, 4) is 0 Å². The van der Waals surface area contributed by atoms with Crippen molar-refractivity contribution in [1.29, 1.82) is 0 Å². The number of benzene rings is 1. The van der Waals surface area contributed by atoms with E-state index in [2.05, 4.69) is 20.0 Å². The van der Waals surface area contributed by atoms with Crippen molar-refractivity contribution in [2.75, 3.05) is 12.4 Å². The molecule has 5 nitrogen and oxygen atoms in total. The van der Waals surface area contributed by atoms with Gasteiger partial charge in [-0.15, -0.1) is 0 Å². The molecule has 0 aliphatic rings. The van der Waals surface area contributed by atoms with Crippen LogP contribution in [-0.2, 0) is 4.74 Å². The number of anilines is 2. The summed E-state index contributed by atoms with van der Waals surface area (Å²) < 4.78 is 18.3. The Kier molecular flexibility index (Phi) is 3.91. The van der Waals surface area contributed by atoms with Gasteiger partial charge in [0.15, 0.2) is 0 Å². The van der Waals surface area contributed by atoms with Gasteiger partial charge in [0.25, 0.3) is 0 Å². The number of esters is 1. The van der Waals surface area contributed by atoms with Gasteiger partial charge in [0.2, 0.25) is 5.95 Å². The van der Waals surface area contributed by atoms with Gasteiger partial charge in [-0.05, 0) is 18.2 Å².